The number of carboxylic acid groups (broad SMARTS) is 1. The maximum absolute atomic E-state index is 11.2. The van der Waals surface area contributed by atoms with E-state index >= 15 is 0 Å². The molecule has 7 nitrogen and oxygen atoms in total. The summed E-state index contributed by atoms with van der Waals surface area (Å²) in [6.45, 7) is 0.750. The van der Waals surface area contributed by atoms with E-state index in [2.05, 4.69) is 15.6 Å². The third kappa shape index (κ3) is 4.94. The normalized spacial score (nSPS) is 9.71. The second kappa shape index (κ2) is 6.44. The van der Waals surface area contributed by atoms with Crippen LogP contribution in [-0.4, -0.2) is 35.2 Å². The number of amides is 2. The molecule has 0 spiro atoms. The predicted molar refractivity (Wildman–Crippen MR) is 61.7 cm³/mol. The van der Waals surface area contributed by atoms with Crippen LogP contribution in [-0.2, 0) is 11.2 Å². The van der Waals surface area contributed by atoms with Crippen molar-refractivity contribution in [3.8, 4) is 0 Å². The van der Waals surface area contributed by atoms with Crippen molar-refractivity contribution in [2.45, 2.75) is 6.42 Å². The molecule has 17 heavy (non-hydrogen) atoms. The van der Waals surface area contributed by atoms with Crippen LogP contribution in [0.1, 0.15) is 5.69 Å². The molecule has 0 bridgehead atoms. The smallest absolute Gasteiger partial charge is 0.319 e. The highest BCUT2D eigenvalue weighted by Gasteiger charge is 2.03. The summed E-state index contributed by atoms with van der Waals surface area (Å²) in [5.74, 6) is -0.945. The number of carboxylic acids is 1. The average molecular weight is 238 g/mol. The Morgan fingerprint density at radius 3 is 2.71 bits per heavy atom. The Morgan fingerprint density at radius 1 is 1.41 bits per heavy atom. The fourth-order valence-electron chi connectivity index (χ4n) is 1.12. The van der Waals surface area contributed by atoms with Gasteiger partial charge in [0.15, 0.2) is 0 Å². The van der Waals surface area contributed by atoms with Gasteiger partial charge in [-0.2, -0.15) is 0 Å². The molecule has 2 amide bonds. The zero-order chi connectivity index (χ0) is 12.7. The number of aliphatic carboxylic acids is 1. The van der Waals surface area contributed by atoms with E-state index < -0.39 is 5.97 Å². The van der Waals surface area contributed by atoms with E-state index in [1.54, 1.807) is 12.1 Å². The largest absolute Gasteiger partial charge is 0.481 e. The standard InChI is InChI=1S/C10H14N4O3/c11-3-4-12-10(17)14-8-2-1-7(13-6-8)5-9(15)16/h1-2,6H,3-5,11H2,(H,15,16)(H2,12,14,17). The molecule has 0 aliphatic rings. The number of aromatic nitrogens is 1. The zero-order valence-corrected chi connectivity index (χ0v) is 9.14. The Hall–Kier alpha value is -2.15. The molecule has 1 heterocycles. The monoisotopic (exact) mass is 238 g/mol. The number of nitrogens with zero attached hydrogens (tertiary/aromatic N) is 1. The molecule has 0 saturated heterocycles. The van der Waals surface area contributed by atoms with Gasteiger partial charge in [-0.05, 0) is 12.1 Å². The van der Waals surface area contributed by atoms with Crippen molar-refractivity contribution in [1.29, 1.82) is 0 Å². The van der Waals surface area contributed by atoms with Crippen LogP contribution in [0.3, 0.4) is 0 Å². The van der Waals surface area contributed by atoms with Gasteiger partial charge in [-0.25, -0.2) is 4.79 Å². The van der Waals surface area contributed by atoms with Crippen LogP contribution in [0.4, 0.5) is 10.5 Å². The van der Waals surface area contributed by atoms with Gasteiger partial charge in [0.05, 0.1) is 24.0 Å². The van der Waals surface area contributed by atoms with Crippen LogP contribution in [0.2, 0.25) is 0 Å². The van der Waals surface area contributed by atoms with Crippen LogP contribution in [0, 0.1) is 0 Å². The van der Waals surface area contributed by atoms with Crippen LogP contribution >= 0.6 is 0 Å². The Kier molecular flexibility index (Phi) is 4.89. The molecule has 0 atom stereocenters. The van der Waals surface area contributed by atoms with Gasteiger partial charge >= 0.3 is 12.0 Å². The predicted octanol–water partition coefficient (Wildman–Crippen LogP) is -0.211. The number of anilines is 1. The highest BCUT2D eigenvalue weighted by molar-refractivity contribution is 5.89. The number of hydrogen-bond acceptors (Lipinski definition) is 4. The van der Waals surface area contributed by atoms with Crippen molar-refractivity contribution in [2.75, 3.05) is 18.4 Å². The van der Waals surface area contributed by atoms with Gasteiger partial charge in [0.1, 0.15) is 0 Å². The van der Waals surface area contributed by atoms with Gasteiger partial charge in [-0.15, -0.1) is 0 Å². The molecule has 0 fully saturated rings. The number of carbonyl (C=O) groups is 2. The molecule has 92 valence electrons. The van der Waals surface area contributed by atoms with Crippen molar-refractivity contribution in [1.82, 2.24) is 10.3 Å². The van der Waals surface area contributed by atoms with E-state index in [-0.39, 0.29) is 12.5 Å². The third-order valence-corrected chi connectivity index (χ3v) is 1.84. The first-order valence-electron chi connectivity index (χ1n) is 5.03. The molecule has 1 aromatic rings. The molecule has 0 saturated carbocycles. The highest BCUT2D eigenvalue weighted by atomic mass is 16.4. The molecule has 5 N–H and O–H groups in total. The lowest BCUT2D eigenvalue weighted by Gasteiger charge is -2.06. The summed E-state index contributed by atoms with van der Waals surface area (Å²) in [6.07, 6.45) is 1.26. The topological polar surface area (TPSA) is 117 Å². The molecule has 7 heteroatoms. The van der Waals surface area contributed by atoms with Crippen LogP contribution in [0.15, 0.2) is 18.3 Å². The summed E-state index contributed by atoms with van der Waals surface area (Å²) >= 11 is 0. The summed E-state index contributed by atoms with van der Waals surface area (Å²) in [4.78, 5) is 25.6. The van der Waals surface area contributed by atoms with E-state index in [0.717, 1.165) is 0 Å². The van der Waals surface area contributed by atoms with Crippen LogP contribution in [0.25, 0.3) is 0 Å². The maximum atomic E-state index is 11.2. The van der Waals surface area contributed by atoms with E-state index in [0.29, 0.717) is 24.5 Å². The second-order valence-electron chi connectivity index (χ2n) is 3.28. The van der Waals surface area contributed by atoms with Gasteiger partial charge in [-0.1, -0.05) is 0 Å². The maximum Gasteiger partial charge on any atom is 0.319 e. The minimum atomic E-state index is -0.945. The number of carbonyl (C=O) groups excluding carboxylic acids is 1. The fourth-order valence-corrected chi connectivity index (χ4v) is 1.12. The minimum Gasteiger partial charge on any atom is -0.481 e. The second-order valence-corrected chi connectivity index (χ2v) is 3.28. The van der Waals surface area contributed by atoms with Gasteiger partial charge in [0, 0.05) is 13.1 Å². The number of pyridine rings is 1. The summed E-state index contributed by atoms with van der Waals surface area (Å²) in [7, 11) is 0. The molecule has 0 aliphatic carbocycles. The Morgan fingerprint density at radius 2 is 2.18 bits per heavy atom. The summed E-state index contributed by atoms with van der Waals surface area (Å²) in [5.41, 5.74) is 6.16. The highest BCUT2D eigenvalue weighted by Crippen LogP contribution is 2.06. The summed E-state index contributed by atoms with van der Waals surface area (Å²) < 4.78 is 0. The van der Waals surface area contributed by atoms with Crippen molar-refractivity contribution < 1.29 is 14.7 Å². The molecular weight excluding hydrogens is 224 g/mol. The average Bonchev–Trinajstić information content (AvgIpc) is 2.28. The van der Waals surface area contributed by atoms with Crippen molar-refractivity contribution in [2.24, 2.45) is 5.73 Å². The van der Waals surface area contributed by atoms with Crippen molar-refractivity contribution >= 4 is 17.7 Å². The fraction of sp³-hybridized carbons (Fsp3) is 0.300. The zero-order valence-electron chi connectivity index (χ0n) is 9.14. The first-order valence-corrected chi connectivity index (χ1v) is 5.03. The van der Waals surface area contributed by atoms with Gasteiger partial charge < -0.3 is 21.5 Å². The third-order valence-electron chi connectivity index (χ3n) is 1.84. The number of urea groups is 1. The lowest BCUT2D eigenvalue weighted by molar-refractivity contribution is -0.136. The molecule has 1 aromatic heterocycles. The quantitative estimate of drug-likeness (QED) is 0.566. The van der Waals surface area contributed by atoms with Gasteiger partial charge in [0.2, 0.25) is 0 Å². The van der Waals surface area contributed by atoms with Gasteiger partial charge in [0.25, 0.3) is 0 Å². The lowest BCUT2D eigenvalue weighted by Crippen LogP contribution is -2.32. The molecule has 0 aliphatic heterocycles. The van der Waals surface area contributed by atoms with E-state index in [1.165, 1.54) is 6.20 Å². The first-order chi connectivity index (χ1) is 8.11. The van der Waals surface area contributed by atoms with E-state index in [1.807, 2.05) is 0 Å². The molecule has 1 rings (SSSR count). The van der Waals surface area contributed by atoms with Crippen molar-refractivity contribution in [3.63, 3.8) is 0 Å². The number of nitrogens with two attached hydrogens (primary N) is 1. The minimum absolute atomic E-state index is 0.139. The molecular formula is C10H14N4O3. The van der Waals surface area contributed by atoms with E-state index in [4.69, 9.17) is 10.8 Å². The SMILES string of the molecule is NCCNC(=O)Nc1ccc(CC(=O)O)nc1. The molecule has 0 radical (unpaired) electrons. The Labute approximate surface area is 98.0 Å². The Bertz CT molecular complexity index is 391. The van der Waals surface area contributed by atoms with Crippen LogP contribution in [0.5, 0.6) is 0 Å². The summed E-state index contributed by atoms with van der Waals surface area (Å²) in [5, 5.41) is 13.6. The lowest BCUT2D eigenvalue weighted by atomic mass is 10.2. The van der Waals surface area contributed by atoms with Gasteiger partial charge in [-0.3, -0.25) is 9.78 Å². The van der Waals surface area contributed by atoms with Crippen LogP contribution < -0.4 is 16.4 Å². The van der Waals surface area contributed by atoms with E-state index in [9.17, 15) is 9.59 Å². The molecule has 0 unspecified atom stereocenters. The molecule has 0 aromatic carbocycles. The number of nitrogens with one attached hydrogen (secondary N) is 2. The van der Waals surface area contributed by atoms with Crippen molar-refractivity contribution in [3.05, 3.63) is 24.0 Å². The number of rotatable bonds is 5. The summed E-state index contributed by atoms with van der Waals surface area (Å²) in [6, 6.07) is 2.77. The number of hydrogen-bond donors (Lipinski definition) is 4. The first kappa shape index (κ1) is 12.9. The Balaban J connectivity index is 2.50.